The molecule has 0 amide bonds. The van der Waals surface area contributed by atoms with Crippen LogP contribution in [0, 0.1) is 6.92 Å². The fraction of sp³-hybridized carbons (Fsp3) is 0.400. The summed E-state index contributed by atoms with van der Waals surface area (Å²) in [4.78, 5) is 16.7. The lowest BCUT2D eigenvalue weighted by atomic mass is 10.1. The van der Waals surface area contributed by atoms with Crippen LogP contribution in [0.1, 0.15) is 31.3 Å². The van der Waals surface area contributed by atoms with E-state index in [2.05, 4.69) is 30.1 Å². The first-order valence-corrected chi connectivity index (χ1v) is 11.4. The first-order valence-electron chi connectivity index (χ1n) is 11.4. The summed E-state index contributed by atoms with van der Waals surface area (Å²) in [5.41, 5.74) is 4.35. The van der Waals surface area contributed by atoms with Gasteiger partial charge in [-0.05, 0) is 50.5 Å². The summed E-state index contributed by atoms with van der Waals surface area (Å²) >= 11 is 0. The molecule has 3 aromatic heterocycles. The molecule has 0 saturated carbocycles. The number of aryl methyl sites for hydroxylation is 1. The summed E-state index contributed by atoms with van der Waals surface area (Å²) in [5.74, 6) is 2.00. The van der Waals surface area contributed by atoms with Crippen molar-refractivity contribution in [1.29, 1.82) is 0 Å². The second-order valence-corrected chi connectivity index (χ2v) is 8.42. The van der Waals surface area contributed by atoms with E-state index in [0.29, 0.717) is 18.2 Å². The Balaban J connectivity index is 1.64. The maximum Gasteiger partial charge on any atom is 0.198 e. The van der Waals surface area contributed by atoms with Gasteiger partial charge in [0.05, 0.1) is 12.9 Å². The number of hydrogen-bond acceptors (Lipinski definition) is 7. The summed E-state index contributed by atoms with van der Waals surface area (Å²) in [6.45, 7) is 4.13. The Morgan fingerprint density at radius 2 is 2.09 bits per heavy atom. The summed E-state index contributed by atoms with van der Waals surface area (Å²) < 4.78 is 19.2. The molecule has 8 nitrogen and oxygen atoms in total. The molecule has 4 aromatic rings. The lowest BCUT2D eigenvalue weighted by molar-refractivity contribution is -0.0298. The number of imidazole rings is 1. The average molecular weight is 448 g/mol. The highest BCUT2D eigenvalue weighted by atomic mass is 16.5. The number of benzene rings is 1. The molecule has 1 aromatic carbocycles. The third kappa shape index (κ3) is 4.36. The van der Waals surface area contributed by atoms with Gasteiger partial charge in [0.2, 0.25) is 0 Å². The average Bonchev–Trinajstić information content (AvgIpc) is 3.49. The van der Waals surface area contributed by atoms with Gasteiger partial charge in [-0.25, -0.2) is 15.0 Å². The molecule has 0 spiro atoms. The first-order chi connectivity index (χ1) is 16.1. The van der Waals surface area contributed by atoms with Gasteiger partial charge in [0.15, 0.2) is 17.2 Å². The standard InChI is InChI=1S/C25H29N5O3/c1-17-10-11-20(33-17)24-27-22(18-7-6-8-19(15-18)29(2)12-14-31-3)23-25(28-24)30(16-26-23)21-9-4-5-13-32-21/h6-8,10-11,15-16,21H,4-5,9,12-14H2,1-3H3. The second-order valence-electron chi connectivity index (χ2n) is 8.42. The third-order valence-corrected chi connectivity index (χ3v) is 6.04. The topological polar surface area (TPSA) is 78.4 Å². The molecule has 1 saturated heterocycles. The van der Waals surface area contributed by atoms with E-state index >= 15 is 0 Å². The molecule has 1 fully saturated rings. The van der Waals surface area contributed by atoms with Crippen LogP contribution >= 0.6 is 0 Å². The van der Waals surface area contributed by atoms with Crippen molar-refractivity contribution in [3.05, 3.63) is 48.5 Å². The molecule has 0 N–H and O–H groups in total. The van der Waals surface area contributed by atoms with Crippen LogP contribution in [0.4, 0.5) is 5.69 Å². The highest BCUT2D eigenvalue weighted by Crippen LogP contribution is 2.33. The van der Waals surface area contributed by atoms with Crippen molar-refractivity contribution in [2.24, 2.45) is 0 Å². The molecular formula is C25H29N5O3. The largest absolute Gasteiger partial charge is 0.458 e. The zero-order valence-electron chi connectivity index (χ0n) is 19.3. The Bertz CT molecular complexity index is 1240. The number of nitrogens with zero attached hydrogens (tertiary/aromatic N) is 5. The summed E-state index contributed by atoms with van der Waals surface area (Å²) in [7, 11) is 3.77. The van der Waals surface area contributed by atoms with Gasteiger partial charge in [-0.3, -0.25) is 4.57 Å². The highest BCUT2D eigenvalue weighted by Gasteiger charge is 2.23. The van der Waals surface area contributed by atoms with Crippen molar-refractivity contribution in [2.45, 2.75) is 32.4 Å². The predicted octanol–water partition coefficient (Wildman–Crippen LogP) is 4.84. The van der Waals surface area contributed by atoms with Crippen LogP contribution in [-0.2, 0) is 9.47 Å². The first kappa shape index (κ1) is 21.6. The van der Waals surface area contributed by atoms with Crippen molar-refractivity contribution in [2.75, 3.05) is 38.8 Å². The van der Waals surface area contributed by atoms with Crippen LogP contribution < -0.4 is 4.90 Å². The van der Waals surface area contributed by atoms with Gasteiger partial charge >= 0.3 is 0 Å². The number of furan rings is 1. The van der Waals surface area contributed by atoms with Crippen molar-refractivity contribution < 1.29 is 13.9 Å². The van der Waals surface area contributed by atoms with E-state index in [0.717, 1.165) is 66.3 Å². The van der Waals surface area contributed by atoms with E-state index in [9.17, 15) is 0 Å². The summed E-state index contributed by atoms with van der Waals surface area (Å²) in [6.07, 6.45) is 4.92. The molecule has 4 heterocycles. The molecule has 172 valence electrons. The van der Waals surface area contributed by atoms with Crippen molar-refractivity contribution in [1.82, 2.24) is 19.5 Å². The molecule has 0 radical (unpaired) electrons. The number of rotatable bonds is 7. The van der Waals surface area contributed by atoms with Crippen molar-refractivity contribution >= 4 is 16.9 Å². The molecule has 1 aliphatic heterocycles. The lowest BCUT2D eigenvalue weighted by Crippen LogP contribution is -2.21. The van der Waals surface area contributed by atoms with Gasteiger partial charge in [-0.1, -0.05) is 12.1 Å². The third-order valence-electron chi connectivity index (χ3n) is 6.04. The summed E-state index contributed by atoms with van der Waals surface area (Å²) in [6, 6.07) is 12.2. The normalized spacial score (nSPS) is 16.4. The van der Waals surface area contributed by atoms with Crippen LogP contribution in [-0.4, -0.2) is 53.4 Å². The van der Waals surface area contributed by atoms with Gasteiger partial charge in [0.25, 0.3) is 0 Å². The zero-order chi connectivity index (χ0) is 22.8. The van der Waals surface area contributed by atoms with Crippen LogP contribution in [0.3, 0.4) is 0 Å². The van der Waals surface area contributed by atoms with Gasteiger partial charge in [-0.2, -0.15) is 0 Å². The fourth-order valence-electron chi connectivity index (χ4n) is 4.18. The number of hydrogen-bond donors (Lipinski definition) is 0. The maximum absolute atomic E-state index is 6.03. The number of likely N-dealkylation sites (N-methyl/N-ethyl adjacent to an activating group) is 1. The second kappa shape index (κ2) is 9.33. The minimum Gasteiger partial charge on any atom is -0.458 e. The molecule has 5 rings (SSSR count). The van der Waals surface area contributed by atoms with Crippen LogP contribution in [0.2, 0.25) is 0 Å². The highest BCUT2D eigenvalue weighted by molar-refractivity contribution is 5.89. The summed E-state index contributed by atoms with van der Waals surface area (Å²) in [5, 5.41) is 0. The van der Waals surface area contributed by atoms with E-state index in [1.165, 1.54) is 0 Å². The zero-order valence-corrected chi connectivity index (χ0v) is 19.3. The molecule has 1 aliphatic rings. The molecule has 1 unspecified atom stereocenters. The van der Waals surface area contributed by atoms with Crippen LogP contribution in [0.15, 0.2) is 47.1 Å². The Kier molecular flexibility index (Phi) is 6.11. The van der Waals surface area contributed by atoms with Crippen molar-refractivity contribution in [3.63, 3.8) is 0 Å². The minimum absolute atomic E-state index is 0.0656. The van der Waals surface area contributed by atoms with E-state index in [1.54, 1.807) is 7.11 Å². The number of ether oxygens (including phenoxy) is 2. The Hall–Kier alpha value is -3.23. The van der Waals surface area contributed by atoms with Gasteiger partial charge < -0.3 is 18.8 Å². The number of anilines is 1. The molecule has 0 bridgehead atoms. The molecule has 8 heteroatoms. The Morgan fingerprint density at radius 3 is 2.85 bits per heavy atom. The van der Waals surface area contributed by atoms with Crippen molar-refractivity contribution in [3.8, 4) is 22.8 Å². The molecule has 0 aliphatic carbocycles. The minimum atomic E-state index is -0.0656. The van der Waals surface area contributed by atoms with E-state index < -0.39 is 0 Å². The van der Waals surface area contributed by atoms with Gasteiger partial charge in [-0.15, -0.1) is 0 Å². The van der Waals surface area contributed by atoms with Gasteiger partial charge in [0.1, 0.15) is 23.2 Å². The van der Waals surface area contributed by atoms with Crippen LogP contribution in [0.5, 0.6) is 0 Å². The predicted molar refractivity (Wildman–Crippen MR) is 127 cm³/mol. The van der Waals surface area contributed by atoms with Gasteiger partial charge in [0, 0.05) is 38.6 Å². The Morgan fingerprint density at radius 1 is 1.18 bits per heavy atom. The SMILES string of the molecule is COCCN(C)c1cccc(-c2nc(-c3ccc(C)o3)nc3c2ncn3C2CCCCO2)c1. The van der Waals surface area contributed by atoms with E-state index in [-0.39, 0.29) is 6.23 Å². The van der Waals surface area contributed by atoms with Crippen LogP contribution in [0.25, 0.3) is 34.0 Å². The van der Waals surface area contributed by atoms with E-state index in [4.69, 9.17) is 28.8 Å². The maximum atomic E-state index is 6.03. The molecule has 1 atom stereocenters. The van der Waals surface area contributed by atoms with E-state index in [1.807, 2.05) is 36.0 Å². The molecular weight excluding hydrogens is 418 g/mol. The monoisotopic (exact) mass is 447 g/mol. The lowest BCUT2D eigenvalue weighted by Gasteiger charge is -2.24. The Labute approximate surface area is 193 Å². The number of fused-ring (bicyclic) bond motifs is 1. The quantitative estimate of drug-likeness (QED) is 0.401. The number of methoxy groups -OCH3 is 1. The smallest absolute Gasteiger partial charge is 0.198 e. The number of aromatic nitrogens is 4. The molecule has 33 heavy (non-hydrogen) atoms. The fourth-order valence-corrected chi connectivity index (χ4v) is 4.18.